The van der Waals surface area contributed by atoms with Gasteiger partial charge in [0.1, 0.15) is 12.4 Å². The molecule has 4 heteroatoms. The maximum atomic E-state index is 5.75. The van der Waals surface area contributed by atoms with Gasteiger partial charge in [0, 0.05) is 20.1 Å². The fraction of sp³-hybridized carbons (Fsp3) is 0.588. The van der Waals surface area contributed by atoms with E-state index in [-0.39, 0.29) is 0 Å². The number of ether oxygens (including phenoxy) is 1. The molecule has 21 heavy (non-hydrogen) atoms. The van der Waals surface area contributed by atoms with Crippen molar-refractivity contribution in [1.82, 2.24) is 10.2 Å². The van der Waals surface area contributed by atoms with E-state index in [0.29, 0.717) is 6.61 Å². The number of hydrogen-bond donors (Lipinski definition) is 1. The highest BCUT2D eigenvalue weighted by molar-refractivity contribution is 5.79. The summed E-state index contributed by atoms with van der Waals surface area (Å²) >= 11 is 0. The van der Waals surface area contributed by atoms with Crippen molar-refractivity contribution in [3.63, 3.8) is 0 Å². The molecule has 1 fully saturated rings. The number of nitrogens with zero attached hydrogens (tertiary/aromatic N) is 2. The third-order valence-electron chi connectivity index (χ3n) is 3.94. The fourth-order valence-corrected chi connectivity index (χ4v) is 2.59. The number of aliphatic imine (C=N–C) groups is 1. The number of guanidine groups is 1. The molecule has 0 atom stereocenters. The Labute approximate surface area is 128 Å². The van der Waals surface area contributed by atoms with Crippen molar-refractivity contribution in [1.29, 1.82) is 0 Å². The highest BCUT2D eigenvalue weighted by Gasteiger charge is 2.18. The Hall–Kier alpha value is -1.71. The fourth-order valence-electron chi connectivity index (χ4n) is 2.59. The van der Waals surface area contributed by atoms with Gasteiger partial charge in [0.05, 0.1) is 6.54 Å². The quantitative estimate of drug-likeness (QED) is 0.526. The summed E-state index contributed by atoms with van der Waals surface area (Å²) in [5, 5.41) is 3.39. The molecular formula is C17H27N3O. The Kier molecular flexibility index (Phi) is 5.90. The van der Waals surface area contributed by atoms with Crippen LogP contribution in [0.5, 0.6) is 5.75 Å². The van der Waals surface area contributed by atoms with Crippen LogP contribution in [0, 0.1) is 12.8 Å². The monoisotopic (exact) mass is 289 g/mol. The summed E-state index contributed by atoms with van der Waals surface area (Å²) in [7, 11) is 1.85. The van der Waals surface area contributed by atoms with Crippen LogP contribution < -0.4 is 10.1 Å². The van der Waals surface area contributed by atoms with Crippen molar-refractivity contribution in [2.75, 3.05) is 33.3 Å². The van der Waals surface area contributed by atoms with Crippen LogP contribution in [0.25, 0.3) is 0 Å². The lowest BCUT2D eigenvalue weighted by Gasteiger charge is -2.32. The SMILES string of the molecule is CN=C(NCCOc1cccc(C)c1)N1CCC(C)CC1. The van der Waals surface area contributed by atoms with E-state index in [0.717, 1.165) is 37.3 Å². The van der Waals surface area contributed by atoms with Crippen LogP contribution in [0.1, 0.15) is 25.3 Å². The highest BCUT2D eigenvalue weighted by Crippen LogP contribution is 2.16. The minimum Gasteiger partial charge on any atom is -0.492 e. The van der Waals surface area contributed by atoms with Crippen LogP contribution in [0.4, 0.5) is 0 Å². The van der Waals surface area contributed by atoms with E-state index in [1.165, 1.54) is 18.4 Å². The summed E-state index contributed by atoms with van der Waals surface area (Å²) in [5.41, 5.74) is 1.22. The van der Waals surface area contributed by atoms with Gasteiger partial charge in [-0.1, -0.05) is 19.1 Å². The first-order valence-electron chi connectivity index (χ1n) is 7.84. The molecule has 4 nitrogen and oxygen atoms in total. The molecule has 0 aromatic heterocycles. The number of aryl methyl sites for hydroxylation is 1. The Morgan fingerprint density at radius 3 is 2.81 bits per heavy atom. The average Bonchev–Trinajstić information content (AvgIpc) is 2.49. The number of likely N-dealkylation sites (tertiary alicyclic amines) is 1. The topological polar surface area (TPSA) is 36.9 Å². The van der Waals surface area contributed by atoms with E-state index in [9.17, 15) is 0 Å². The third kappa shape index (κ3) is 4.96. The zero-order chi connectivity index (χ0) is 15.1. The third-order valence-corrected chi connectivity index (χ3v) is 3.94. The lowest BCUT2D eigenvalue weighted by atomic mass is 10.00. The standard InChI is InChI=1S/C17H27N3O/c1-14-7-10-20(11-8-14)17(18-3)19-9-12-21-16-6-4-5-15(2)13-16/h4-6,13-14H,7-12H2,1-3H3,(H,18,19). The molecule has 1 saturated heterocycles. The van der Waals surface area contributed by atoms with Gasteiger partial charge in [-0.25, -0.2) is 0 Å². The van der Waals surface area contributed by atoms with Gasteiger partial charge in [-0.3, -0.25) is 4.99 Å². The second-order valence-electron chi connectivity index (χ2n) is 5.81. The van der Waals surface area contributed by atoms with E-state index in [2.05, 4.69) is 41.2 Å². The Bertz CT molecular complexity index is 465. The predicted octanol–water partition coefficient (Wildman–Crippen LogP) is 2.68. The van der Waals surface area contributed by atoms with Crippen molar-refractivity contribution in [3.8, 4) is 5.75 Å². The minimum atomic E-state index is 0.646. The molecule has 0 saturated carbocycles. The zero-order valence-corrected chi connectivity index (χ0v) is 13.4. The predicted molar refractivity (Wildman–Crippen MR) is 88.0 cm³/mol. The van der Waals surface area contributed by atoms with Gasteiger partial charge in [0.25, 0.3) is 0 Å². The van der Waals surface area contributed by atoms with Crippen molar-refractivity contribution < 1.29 is 4.74 Å². The summed E-state index contributed by atoms with van der Waals surface area (Å²) in [5.74, 6) is 2.76. The van der Waals surface area contributed by atoms with Crippen LogP contribution in [0.15, 0.2) is 29.3 Å². The number of piperidine rings is 1. The Morgan fingerprint density at radius 1 is 1.38 bits per heavy atom. The first-order valence-corrected chi connectivity index (χ1v) is 7.84. The molecular weight excluding hydrogens is 262 g/mol. The van der Waals surface area contributed by atoms with E-state index < -0.39 is 0 Å². The largest absolute Gasteiger partial charge is 0.492 e. The van der Waals surface area contributed by atoms with Crippen molar-refractivity contribution in [3.05, 3.63) is 29.8 Å². The summed E-state index contributed by atoms with van der Waals surface area (Å²) in [6, 6.07) is 8.14. The summed E-state index contributed by atoms with van der Waals surface area (Å²) in [6.45, 7) is 8.01. The summed E-state index contributed by atoms with van der Waals surface area (Å²) < 4.78 is 5.75. The highest BCUT2D eigenvalue weighted by atomic mass is 16.5. The molecule has 0 unspecified atom stereocenters. The first kappa shape index (κ1) is 15.7. The van der Waals surface area contributed by atoms with Crippen molar-refractivity contribution >= 4 is 5.96 Å². The molecule has 1 aromatic carbocycles. The number of rotatable bonds is 4. The lowest BCUT2D eigenvalue weighted by molar-refractivity contribution is 0.269. The molecule has 1 N–H and O–H groups in total. The smallest absolute Gasteiger partial charge is 0.193 e. The normalized spacial score (nSPS) is 16.9. The van der Waals surface area contributed by atoms with Gasteiger partial charge in [0.15, 0.2) is 5.96 Å². The van der Waals surface area contributed by atoms with Crippen LogP contribution in [-0.4, -0.2) is 44.1 Å². The van der Waals surface area contributed by atoms with Crippen molar-refractivity contribution in [2.45, 2.75) is 26.7 Å². The first-order chi connectivity index (χ1) is 10.2. The van der Waals surface area contributed by atoms with Crippen LogP contribution >= 0.6 is 0 Å². The second kappa shape index (κ2) is 7.91. The van der Waals surface area contributed by atoms with E-state index >= 15 is 0 Å². The molecule has 1 aliphatic rings. The zero-order valence-electron chi connectivity index (χ0n) is 13.4. The number of nitrogens with one attached hydrogen (secondary N) is 1. The van der Waals surface area contributed by atoms with Crippen LogP contribution in [0.3, 0.4) is 0 Å². The molecule has 116 valence electrons. The molecule has 1 heterocycles. The Balaban J connectivity index is 1.71. The second-order valence-corrected chi connectivity index (χ2v) is 5.81. The van der Waals surface area contributed by atoms with Gasteiger partial charge in [-0.2, -0.15) is 0 Å². The molecule has 0 bridgehead atoms. The van der Waals surface area contributed by atoms with Crippen LogP contribution in [-0.2, 0) is 0 Å². The molecule has 0 spiro atoms. The van der Waals surface area contributed by atoms with Gasteiger partial charge >= 0.3 is 0 Å². The molecule has 0 radical (unpaired) electrons. The molecule has 0 amide bonds. The molecule has 0 aliphatic carbocycles. The number of hydrogen-bond acceptors (Lipinski definition) is 2. The average molecular weight is 289 g/mol. The van der Waals surface area contributed by atoms with Gasteiger partial charge in [-0.15, -0.1) is 0 Å². The van der Waals surface area contributed by atoms with Crippen LogP contribution in [0.2, 0.25) is 0 Å². The van der Waals surface area contributed by atoms with Crippen molar-refractivity contribution in [2.24, 2.45) is 10.9 Å². The maximum absolute atomic E-state index is 5.75. The maximum Gasteiger partial charge on any atom is 0.193 e. The molecule has 2 rings (SSSR count). The minimum absolute atomic E-state index is 0.646. The van der Waals surface area contributed by atoms with E-state index in [1.807, 2.05) is 19.2 Å². The van der Waals surface area contributed by atoms with E-state index in [1.54, 1.807) is 0 Å². The summed E-state index contributed by atoms with van der Waals surface area (Å²) in [6.07, 6.45) is 2.50. The van der Waals surface area contributed by atoms with E-state index in [4.69, 9.17) is 4.74 Å². The summed E-state index contributed by atoms with van der Waals surface area (Å²) in [4.78, 5) is 6.71. The van der Waals surface area contributed by atoms with Gasteiger partial charge < -0.3 is 15.0 Å². The Morgan fingerprint density at radius 2 is 2.14 bits per heavy atom. The van der Waals surface area contributed by atoms with Gasteiger partial charge in [-0.05, 0) is 43.4 Å². The molecule has 1 aromatic rings. The molecule has 1 aliphatic heterocycles. The lowest BCUT2D eigenvalue weighted by Crippen LogP contribution is -2.46. The number of benzene rings is 1. The van der Waals surface area contributed by atoms with Gasteiger partial charge in [0.2, 0.25) is 0 Å².